The minimum Gasteiger partial charge on any atom is -0.369 e. The molecule has 2 aliphatic heterocycles. The minimum absolute atomic E-state index is 0.0576. The number of amides is 2. The Morgan fingerprint density at radius 3 is 2.28 bits per heavy atom. The number of primary amides is 1. The summed E-state index contributed by atoms with van der Waals surface area (Å²) >= 11 is 0. The molecule has 0 radical (unpaired) electrons. The molecule has 2 heterocycles. The monoisotopic (exact) mass is 344 g/mol. The van der Waals surface area contributed by atoms with Gasteiger partial charge in [0.25, 0.3) is 0 Å². The molecule has 25 heavy (non-hydrogen) atoms. The van der Waals surface area contributed by atoms with Gasteiger partial charge in [0.05, 0.1) is 6.04 Å². The van der Waals surface area contributed by atoms with E-state index in [1.165, 1.54) is 5.69 Å². The summed E-state index contributed by atoms with van der Waals surface area (Å²) in [6.45, 7) is 6.90. The van der Waals surface area contributed by atoms with Gasteiger partial charge >= 0.3 is 11.8 Å². The summed E-state index contributed by atoms with van der Waals surface area (Å²) in [5.74, 6) is -1.04. The Balaban J connectivity index is 1.75. The molecular weight excluding hydrogens is 316 g/mol. The largest absolute Gasteiger partial charge is 0.369 e. The summed E-state index contributed by atoms with van der Waals surface area (Å²) in [6, 6.07) is 8.39. The van der Waals surface area contributed by atoms with Crippen LogP contribution >= 0.6 is 0 Å². The number of carbonyl (C=O) groups is 2. The first-order valence-electron chi connectivity index (χ1n) is 9.09. The second-order valence-electron chi connectivity index (χ2n) is 7.40. The van der Waals surface area contributed by atoms with Crippen LogP contribution < -0.4 is 10.6 Å². The number of rotatable bonds is 2. The lowest BCUT2D eigenvalue weighted by Crippen LogP contribution is -2.47. The predicted octanol–water partition coefficient (Wildman–Crippen LogP) is 1.22. The van der Waals surface area contributed by atoms with Crippen molar-refractivity contribution >= 4 is 17.5 Å². The fraction of sp³-hybridized carbons (Fsp3) is 0.579. The van der Waals surface area contributed by atoms with Crippen LogP contribution in [0.4, 0.5) is 5.69 Å². The molecule has 0 saturated carbocycles. The Labute approximate surface area is 149 Å². The molecule has 1 aromatic carbocycles. The smallest absolute Gasteiger partial charge is 0.312 e. The second-order valence-corrected chi connectivity index (χ2v) is 7.40. The van der Waals surface area contributed by atoms with Gasteiger partial charge in [-0.1, -0.05) is 19.1 Å². The lowest BCUT2D eigenvalue weighted by atomic mass is 9.89. The van der Waals surface area contributed by atoms with E-state index >= 15 is 0 Å². The highest BCUT2D eigenvalue weighted by atomic mass is 16.2. The van der Waals surface area contributed by atoms with Crippen molar-refractivity contribution in [2.24, 2.45) is 11.7 Å². The minimum atomic E-state index is -0.867. The zero-order chi connectivity index (χ0) is 18.0. The van der Waals surface area contributed by atoms with Crippen molar-refractivity contribution in [3.8, 4) is 0 Å². The SMILES string of the molecule is C[C@H]1CC[C@H](c2ccc(N3CCN(C)CC3)cc2)N(C(=O)C(N)=O)C1. The standard InChI is InChI=1S/C19H28N4O2/c1-14-3-8-17(23(13-14)19(25)18(20)24)15-4-6-16(7-5-15)22-11-9-21(2)10-12-22/h4-7,14,17H,3,8-13H2,1-2H3,(H2,20,24)/t14-,17+/m0/s1. The van der Waals surface area contributed by atoms with Crippen LogP contribution in [0.3, 0.4) is 0 Å². The van der Waals surface area contributed by atoms with Crippen molar-refractivity contribution in [2.45, 2.75) is 25.8 Å². The van der Waals surface area contributed by atoms with Crippen molar-refractivity contribution < 1.29 is 9.59 Å². The zero-order valence-corrected chi connectivity index (χ0v) is 15.1. The predicted molar refractivity (Wildman–Crippen MR) is 98.2 cm³/mol. The molecule has 0 bridgehead atoms. The van der Waals surface area contributed by atoms with E-state index in [-0.39, 0.29) is 6.04 Å². The molecule has 0 aromatic heterocycles. The molecule has 2 N–H and O–H groups in total. The zero-order valence-electron chi connectivity index (χ0n) is 15.1. The number of nitrogens with two attached hydrogens (primary N) is 1. The second kappa shape index (κ2) is 7.44. The number of hydrogen-bond donors (Lipinski definition) is 1. The number of piperidine rings is 1. The van der Waals surface area contributed by atoms with Gasteiger partial charge in [0, 0.05) is 38.4 Å². The molecule has 2 saturated heterocycles. The van der Waals surface area contributed by atoms with Crippen LogP contribution in [0, 0.1) is 5.92 Å². The van der Waals surface area contributed by atoms with Gasteiger partial charge in [-0.3, -0.25) is 9.59 Å². The summed E-state index contributed by atoms with van der Waals surface area (Å²) in [5.41, 5.74) is 7.54. The number of benzene rings is 1. The Kier molecular flexibility index (Phi) is 5.27. The Morgan fingerprint density at radius 1 is 1.04 bits per heavy atom. The summed E-state index contributed by atoms with van der Waals surface area (Å²) < 4.78 is 0. The van der Waals surface area contributed by atoms with Gasteiger partial charge in [-0.2, -0.15) is 0 Å². The summed E-state index contributed by atoms with van der Waals surface area (Å²) in [6.07, 6.45) is 1.92. The van der Waals surface area contributed by atoms with Crippen molar-refractivity contribution in [2.75, 3.05) is 44.7 Å². The first kappa shape index (κ1) is 17.7. The maximum atomic E-state index is 12.2. The van der Waals surface area contributed by atoms with Gasteiger partial charge in [-0.25, -0.2) is 0 Å². The van der Waals surface area contributed by atoms with E-state index < -0.39 is 11.8 Å². The third-order valence-electron chi connectivity index (χ3n) is 5.44. The molecule has 2 fully saturated rings. The van der Waals surface area contributed by atoms with E-state index in [0.717, 1.165) is 44.6 Å². The highest BCUT2D eigenvalue weighted by Crippen LogP contribution is 2.34. The van der Waals surface area contributed by atoms with Crippen molar-refractivity contribution in [3.05, 3.63) is 29.8 Å². The van der Waals surface area contributed by atoms with Crippen LogP contribution in [-0.4, -0.2) is 61.4 Å². The van der Waals surface area contributed by atoms with Crippen LogP contribution in [0.15, 0.2) is 24.3 Å². The fourth-order valence-electron chi connectivity index (χ4n) is 3.84. The van der Waals surface area contributed by atoms with Crippen LogP contribution in [-0.2, 0) is 9.59 Å². The molecule has 0 unspecified atom stereocenters. The van der Waals surface area contributed by atoms with E-state index in [9.17, 15) is 9.59 Å². The number of likely N-dealkylation sites (tertiary alicyclic amines) is 1. The number of nitrogens with zero attached hydrogens (tertiary/aromatic N) is 3. The molecule has 2 amide bonds. The number of likely N-dealkylation sites (N-methyl/N-ethyl adjacent to an activating group) is 1. The van der Waals surface area contributed by atoms with Crippen LogP contribution in [0.2, 0.25) is 0 Å². The van der Waals surface area contributed by atoms with Gasteiger partial charge < -0.3 is 20.4 Å². The highest BCUT2D eigenvalue weighted by molar-refractivity contribution is 6.34. The normalized spacial score (nSPS) is 25.0. The van der Waals surface area contributed by atoms with E-state index in [4.69, 9.17) is 5.73 Å². The molecule has 3 rings (SSSR count). The fourth-order valence-corrected chi connectivity index (χ4v) is 3.84. The molecule has 6 heteroatoms. The Morgan fingerprint density at radius 2 is 1.68 bits per heavy atom. The number of piperazine rings is 1. The molecule has 0 aliphatic carbocycles. The van der Waals surface area contributed by atoms with Crippen LogP contribution in [0.25, 0.3) is 0 Å². The molecule has 2 atom stereocenters. The first-order valence-corrected chi connectivity index (χ1v) is 9.09. The summed E-state index contributed by atoms with van der Waals surface area (Å²) in [4.78, 5) is 30.0. The molecule has 136 valence electrons. The summed E-state index contributed by atoms with van der Waals surface area (Å²) in [5, 5.41) is 0. The maximum absolute atomic E-state index is 12.2. The third kappa shape index (κ3) is 3.95. The van der Waals surface area contributed by atoms with E-state index in [1.807, 2.05) is 0 Å². The average Bonchev–Trinajstić information content (AvgIpc) is 2.62. The number of anilines is 1. The topological polar surface area (TPSA) is 69.9 Å². The lowest BCUT2D eigenvalue weighted by molar-refractivity contribution is -0.147. The molecule has 6 nitrogen and oxygen atoms in total. The van der Waals surface area contributed by atoms with Crippen molar-refractivity contribution in [1.29, 1.82) is 0 Å². The van der Waals surface area contributed by atoms with Gasteiger partial charge in [-0.15, -0.1) is 0 Å². The lowest BCUT2D eigenvalue weighted by Gasteiger charge is -2.38. The van der Waals surface area contributed by atoms with E-state index in [2.05, 4.69) is 48.0 Å². The third-order valence-corrected chi connectivity index (χ3v) is 5.44. The van der Waals surface area contributed by atoms with E-state index in [1.54, 1.807) is 4.90 Å². The van der Waals surface area contributed by atoms with Gasteiger partial charge in [-0.05, 0) is 43.5 Å². The van der Waals surface area contributed by atoms with Crippen molar-refractivity contribution in [3.63, 3.8) is 0 Å². The first-order chi connectivity index (χ1) is 12.0. The molecule has 0 spiro atoms. The van der Waals surface area contributed by atoms with Gasteiger partial charge in [0.15, 0.2) is 0 Å². The van der Waals surface area contributed by atoms with Gasteiger partial charge in [0.1, 0.15) is 0 Å². The number of carbonyl (C=O) groups excluding carboxylic acids is 2. The van der Waals surface area contributed by atoms with Gasteiger partial charge in [0.2, 0.25) is 0 Å². The van der Waals surface area contributed by atoms with Crippen LogP contribution in [0.1, 0.15) is 31.4 Å². The highest BCUT2D eigenvalue weighted by Gasteiger charge is 2.33. The quantitative estimate of drug-likeness (QED) is 0.819. The Hall–Kier alpha value is -2.08. The molecule has 1 aromatic rings. The maximum Gasteiger partial charge on any atom is 0.312 e. The van der Waals surface area contributed by atoms with Crippen molar-refractivity contribution in [1.82, 2.24) is 9.80 Å². The number of hydrogen-bond acceptors (Lipinski definition) is 4. The molecule has 2 aliphatic rings. The average molecular weight is 344 g/mol. The molecular formula is C19H28N4O2. The van der Waals surface area contributed by atoms with E-state index in [0.29, 0.717) is 12.5 Å². The summed E-state index contributed by atoms with van der Waals surface area (Å²) in [7, 11) is 2.15. The van der Waals surface area contributed by atoms with Crippen LogP contribution in [0.5, 0.6) is 0 Å². The Bertz CT molecular complexity index is 623.